The number of H-pyrrole nitrogens is 1. The summed E-state index contributed by atoms with van der Waals surface area (Å²) < 4.78 is 56.1. The molecule has 0 bridgehead atoms. The fourth-order valence-electron chi connectivity index (χ4n) is 6.12. The molecule has 2 fully saturated rings. The Morgan fingerprint density at radius 3 is 2.73 bits per heavy atom. The third-order valence-electron chi connectivity index (χ3n) is 8.35. The minimum absolute atomic E-state index is 0.0187. The van der Waals surface area contributed by atoms with E-state index in [1.54, 1.807) is 58.0 Å². The van der Waals surface area contributed by atoms with Crippen LogP contribution in [0.25, 0.3) is 11.2 Å². The number of imidazole rings is 1. The summed E-state index contributed by atoms with van der Waals surface area (Å²) in [6, 6.07) is 7.54. The van der Waals surface area contributed by atoms with Gasteiger partial charge in [0.15, 0.2) is 36.0 Å². The number of tetrazole rings is 1. The number of alkyl halides is 1. The second kappa shape index (κ2) is 11.8. The quantitative estimate of drug-likeness (QED) is 0.0918. The molecule has 1 aromatic carbocycles. The Balaban J connectivity index is 1.28. The Kier molecular flexibility index (Phi) is 8.31. The second-order valence-electron chi connectivity index (χ2n) is 11.5. The Labute approximate surface area is 261 Å². The summed E-state index contributed by atoms with van der Waals surface area (Å²) in [5.41, 5.74) is 4.01. The van der Waals surface area contributed by atoms with E-state index < -0.39 is 49.4 Å². The summed E-state index contributed by atoms with van der Waals surface area (Å²) in [4.78, 5) is 12.3. The highest BCUT2D eigenvalue weighted by atomic mass is 35.5. The average molecular weight is 667 g/mol. The normalized spacial score (nSPS) is 28.6. The molecule has 0 spiro atoms. The van der Waals surface area contributed by atoms with Crippen molar-refractivity contribution in [1.82, 2.24) is 45.2 Å². The number of rotatable bonds is 13. The number of nitrogen functional groups attached to an aromatic ring is 1. The average Bonchev–Trinajstić information content (AvgIpc) is 3.47. The van der Waals surface area contributed by atoms with Crippen molar-refractivity contribution < 1.29 is 32.6 Å². The maximum Gasteiger partial charge on any atom is 0.459 e. The lowest BCUT2D eigenvalue weighted by Gasteiger charge is -2.28. The minimum atomic E-state index is -4.18. The SMILES string of the molecule is CC(C)OC(O)[C@H](C)NP(=O)(OC[C@H]1C2(C)O[C@@H](n3cnc4c(N)nc(Cl)nc43)C(F)C12Cc1nn[nH]n1)Oc1ccccc1. The van der Waals surface area contributed by atoms with Crippen LogP contribution in [0.2, 0.25) is 5.28 Å². The molecule has 3 aromatic heterocycles. The molecule has 6 rings (SSSR count). The lowest BCUT2D eigenvalue weighted by Crippen LogP contribution is -2.40. The number of nitrogens with zero attached hydrogens (tertiary/aromatic N) is 7. The van der Waals surface area contributed by atoms with Crippen molar-refractivity contribution in [2.75, 3.05) is 12.3 Å². The highest BCUT2D eigenvalue weighted by Gasteiger charge is 2.85. The minimum Gasteiger partial charge on any atom is -0.413 e. The number of fused-ring (bicyclic) bond motifs is 2. The van der Waals surface area contributed by atoms with Gasteiger partial charge in [0, 0.05) is 12.3 Å². The molecule has 1 saturated carbocycles. The summed E-state index contributed by atoms with van der Waals surface area (Å²) in [6.07, 6.45) is -3.09. The number of hydrogen-bond acceptors (Lipinski definition) is 13. The van der Waals surface area contributed by atoms with Crippen LogP contribution in [0, 0.1) is 11.3 Å². The molecule has 1 aliphatic heterocycles. The maximum atomic E-state index is 16.9. The van der Waals surface area contributed by atoms with Crippen molar-refractivity contribution in [2.24, 2.45) is 11.3 Å². The van der Waals surface area contributed by atoms with Gasteiger partial charge in [-0.3, -0.25) is 9.09 Å². The van der Waals surface area contributed by atoms with E-state index in [1.807, 2.05) is 0 Å². The highest BCUT2D eigenvalue weighted by molar-refractivity contribution is 7.52. The molecule has 16 nitrogen and oxygen atoms in total. The number of aliphatic hydroxyl groups is 1. The van der Waals surface area contributed by atoms with Gasteiger partial charge in [0.25, 0.3) is 0 Å². The molecule has 5 unspecified atom stereocenters. The van der Waals surface area contributed by atoms with Gasteiger partial charge in [0.05, 0.1) is 36.1 Å². The highest BCUT2D eigenvalue weighted by Crippen LogP contribution is 2.75. The third kappa shape index (κ3) is 5.67. The zero-order chi connectivity index (χ0) is 32.1. The fraction of sp³-hybridized carbons (Fsp3) is 0.538. The number of aromatic amines is 1. The van der Waals surface area contributed by atoms with Gasteiger partial charge in [0.2, 0.25) is 5.28 Å². The largest absolute Gasteiger partial charge is 0.459 e. The van der Waals surface area contributed by atoms with E-state index in [1.165, 1.54) is 10.9 Å². The van der Waals surface area contributed by atoms with Crippen LogP contribution in [0.4, 0.5) is 10.2 Å². The number of nitrogens with one attached hydrogen (secondary N) is 2. The van der Waals surface area contributed by atoms with Gasteiger partial charge in [-0.2, -0.15) is 15.2 Å². The smallest absolute Gasteiger partial charge is 0.413 e. The first-order chi connectivity index (χ1) is 21.4. The topological polar surface area (TPSA) is 210 Å². The van der Waals surface area contributed by atoms with Crippen LogP contribution < -0.4 is 15.3 Å². The molecule has 4 heterocycles. The van der Waals surface area contributed by atoms with Crippen molar-refractivity contribution in [3.05, 3.63) is 47.8 Å². The standard InChI is InChI=1S/C26H33ClFN10O6P/c1-13(2)42-23(39)14(3)35-45(40,44-15-8-6-5-7-9-15)41-11-16-25(4)26(16,10-17-33-36-37-34-17)19(28)22(43-25)38-12-30-18-20(29)31-24(27)32-21(18)38/h5-9,12-14,16,19,22-23,39H,10-11H2,1-4H3,(H,35,40)(H2,29,31,32)(H,33,34,36,37)/t14-,16-,19?,22+,23?,25?,26?,45?/m0/s1. The van der Waals surface area contributed by atoms with E-state index in [-0.39, 0.29) is 53.0 Å². The number of anilines is 1. The lowest BCUT2D eigenvalue weighted by atomic mass is 9.91. The first kappa shape index (κ1) is 31.7. The maximum absolute atomic E-state index is 16.9. The van der Waals surface area contributed by atoms with Crippen LogP contribution in [0.1, 0.15) is 39.7 Å². The number of hydrogen-bond donors (Lipinski definition) is 4. The number of aromatic nitrogens is 8. The zero-order valence-corrected chi connectivity index (χ0v) is 26.4. The van der Waals surface area contributed by atoms with E-state index >= 15 is 4.39 Å². The van der Waals surface area contributed by atoms with E-state index in [0.717, 1.165) is 0 Å². The summed E-state index contributed by atoms with van der Waals surface area (Å²) >= 11 is 6.04. The number of halogens is 2. The lowest BCUT2D eigenvalue weighted by molar-refractivity contribution is -0.138. The monoisotopic (exact) mass is 666 g/mol. The molecule has 19 heteroatoms. The molecule has 0 amide bonds. The molecule has 0 radical (unpaired) electrons. The Morgan fingerprint density at radius 2 is 2.04 bits per heavy atom. The predicted molar refractivity (Wildman–Crippen MR) is 157 cm³/mol. The van der Waals surface area contributed by atoms with Gasteiger partial charge >= 0.3 is 7.75 Å². The van der Waals surface area contributed by atoms with Crippen LogP contribution in [0.3, 0.4) is 0 Å². The van der Waals surface area contributed by atoms with Gasteiger partial charge in [-0.1, -0.05) is 23.4 Å². The van der Waals surface area contributed by atoms with Gasteiger partial charge in [-0.05, 0) is 51.4 Å². The van der Waals surface area contributed by atoms with Crippen LogP contribution in [0.5, 0.6) is 5.75 Å². The molecular weight excluding hydrogens is 634 g/mol. The Hall–Kier alpha value is -3.31. The zero-order valence-electron chi connectivity index (χ0n) is 24.7. The molecule has 1 saturated heterocycles. The number of benzene rings is 1. The third-order valence-corrected chi connectivity index (χ3v) is 10.2. The van der Waals surface area contributed by atoms with E-state index in [4.69, 9.17) is 35.9 Å². The van der Waals surface area contributed by atoms with Gasteiger partial charge in [0.1, 0.15) is 11.3 Å². The number of ether oxygens (including phenoxy) is 2. The molecular formula is C26H33ClFN10O6P. The van der Waals surface area contributed by atoms with E-state index in [0.29, 0.717) is 0 Å². The Bertz CT molecular complexity index is 1700. The molecule has 45 heavy (non-hydrogen) atoms. The summed E-state index contributed by atoms with van der Waals surface area (Å²) in [5, 5.41) is 27.2. The van der Waals surface area contributed by atoms with Crippen LogP contribution >= 0.6 is 19.3 Å². The first-order valence-electron chi connectivity index (χ1n) is 14.2. The van der Waals surface area contributed by atoms with Gasteiger partial charge < -0.3 is 24.8 Å². The Morgan fingerprint density at radius 1 is 1.29 bits per heavy atom. The molecule has 4 aromatic rings. The van der Waals surface area contributed by atoms with E-state index in [2.05, 4.69) is 40.7 Å². The molecule has 1 aliphatic carbocycles. The summed E-state index contributed by atoms with van der Waals surface area (Å²) in [6.45, 7) is 6.57. The van der Waals surface area contributed by atoms with Crippen molar-refractivity contribution >= 4 is 36.3 Å². The number of nitrogens with two attached hydrogens (primary N) is 1. The summed E-state index contributed by atoms with van der Waals surface area (Å²) in [7, 11) is -4.18. The predicted octanol–water partition coefficient (Wildman–Crippen LogP) is 2.98. The number of para-hydroxylation sites is 1. The van der Waals surface area contributed by atoms with Crippen molar-refractivity contribution in [2.45, 2.75) is 70.6 Å². The second-order valence-corrected chi connectivity index (χ2v) is 13.5. The van der Waals surface area contributed by atoms with Gasteiger partial charge in [-0.15, -0.1) is 10.2 Å². The van der Waals surface area contributed by atoms with Crippen molar-refractivity contribution in [1.29, 1.82) is 0 Å². The summed E-state index contributed by atoms with van der Waals surface area (Å²) in [5.74, 6) is -0.0872. The van der Waals surface area contributed by atoms with Crippen molar-refractivity contribution in [3.63, 3.8) is 0 Å². The molecule has 2 aliphatic rings. The van der Waals surface area contributed by atoms with Crippen LogP contribution in [-0.2, 0) is 25.0 Å². The van der Waals surface area contributed by atoms with Crippen LogP contribution in [0.15, 0.2) is 36.7 Å². The molecule has 242 valence electrons. The number of aliphatic hydroxyl groups excluding tert-OH is 1. The first-order valence-corrected chi connectivity index (χ1v) is 16.1. The molecule has 8 atom stereocenters. The van der Waals surface area contributed by atoms with Gasteiger partial charge in [-0.25, -0.2) is 19.0 Å². The molecule has 5 N–H and O–H groups in total. The van der Waals surface area contributed by atoms with E-state index in [9.17, 15) is 9.67 Å². The van der Waals surface area contributed by atoms with Crippen molar-refractivity contribution in [3.8, 4) is 5.75 Å². The van der Waals surface area contributed by atoms with Crippen LogP contribution in [-0.4, -0.2) is 82.1 Å². The fourth-order valence-corrected chi connectivity index (χ4v) is 7.84.